The van der Waals surface area contributed by atoms with Crippen LogP contribution in [0.2, 0.25) is 5.15 Å². The molecule has 1 aliphatic heterocycles. The van der Waals surface area contributed by atoms with Crippen molar-refractivity contribution in [2.45, 2.75) is 45.8 Å². The molecule has 0 aliphatic carbocycles. The maximum Gasteiger partial charge on any atom is 0.410 e. The van der Waals surface area contributed by atoms with E-state index in [0.29, 0.717) is 11.1 Å². The smallest absolute Gasteiger partial charge is 0.410 e. The van der Waals surface area contributed by atoms with Crippen molar-refractivity contribution < 1.29 is 9.53 Å². The molecule has 1 fully saturated rings. The highest BCUT2D eigenvalue weighted by molar-refractivity contribution is 6.29. The van der Waals surface area contributed by atoms with E-state index in [2.05, 4.69) is 10.3 Å². The van der Waals surface area contributed by atoms with Gasteiger partial charge in [0.25, 0.3) is 0 Å². The zero-order chi connectivity index (χ0) is 16.9. The fraction of sp³-hybridized carbons (Fsp3) is 0.647. The molecule has 2 rings (SSSR count). The van der Waals surface area contributed by atoms with E-state index in [0.717, 1.165) is 44.6 Å². The number of carbonyl (C=O) groups is 1. The van der Waals surface area contributed by atoms with Crippen LogP contribution >= 0.6 is 11.6 Å². The third-order valence-corrected chi connectivity index (χ3v) is 3.95. The van der Waals surface area contributed by atoms with Crippen LogP contribution in [-0.2, 0) is 11.3 Å². The van der Waals surface area contributed by atoms with Gasteiger partial charge in [-0.2, -0.15) is 0 Å². The monoisotopic (exact) mass is 339 g/mol. The molecular formula is C17H26ClN3O2. The molecule has 1 saturated heterocycles. The lowest BCUT2D eigenvalue weighted by Gasteiger charge is -2.34. The van der Waals surface area contributed by atoms with Crippen molar-refractivity contribution in [3.63, 3.8) is 0 Å². The first-order valence-corrected chi connectivity index (χ1v) is 8.50. The number of pyridine rings is 1. The van der Waals surface area contributed by atoms with Crippen molar-refractivity contribution in [3.05, 3.63) is 29.0 Å². The van der Waals surface area contributed by atoms with Crippen LogP contribution in [0.25, 0.3) is 0 Å². The van der Waals surface area contributed by atoms with E-state index in [1.165, 1.54) is 0 Å². The highest BCUT2D eigenvalue weighted by atomic mass is 35.5. The summed E-state index contributed by atoms with van der Waals surface area (Å²) in [6.45, 7) is 8.86. The number of hydrogen-bond donors (Lipinski definition) is 1. The van der Waals surface area contributed by atoms with Crippen LogP contribution in [0.15, 0.2) is 18.3 Å². The Morgan fingerprint density at radius 2 is 2.26 bits per heavy atom. The van der Waals surface area contributed by atoms with E-state index in [1.54, 1.807) is 12.3 Å². The molecule has 0 saturated carbocycles. The molecule has 1 atom stereocenters. The summed E-state index contributed by atoms with van der Waals surface area (Å²) in [5, 5.41) is 3.95. The minimum atomic E-state index is -0.441. The van der Waals surface area contributed by atoms with Gasteiger partial charge in [-0.1, -0.05) is 17.7 Å². The van der Waals surface area contributed by atoms with E-state index in [4.69, 9.17) is 16.3 Å². The molecule has 0 aromatic carbocycles. The van der Waals surface area contributed by atoms with Gasteiger partial charge >= 0.3 is 6.09 Å². The fourth-order valence-electron chi connectivity index (χ4n) is 2.66. The Labute approximate surface area is 143 Å². The summed E-state index contributed by atoms with van der Waals surface area (Å²) in [5.41, 5.74) is 0.665. The van der Waals surface area contributed by atoms with Crippen LogP contribution < -0.4 is 5.32 Å². The maximum atomic E-state index is 12.1. The van der Waals surface area contributed by atoms with Gasteiger partial charge in [0.05, 0.1) is 0 Å². The number of piperidine rings is 1. The normalized spacial score (nSPS) is 18.8. The first kappa shape index (κ1) is 18.0. The summed E-state index contributed by atoms with van der Waals surface area (Å²) >= 11 is 5.78. The molecule has 0 bridgehead atoms. The predicted octanol–water partition coefficient (Wildman–Crippen LogP) is 3.47. The van der Waals surface area contributed by atoms with Crippen LogP contribution in [0.4, 0.5) is 4.79 Å². The molecule has 1 aromatic heterocycles. The number of nitrogens with zero attached hydrogens (tertiary/aromatic N) is 2. The van der Waals surface area contributed by atoms with Crippen molar-refractivity contribution >= 4 is 17.7 Å². The van der Waals surface area contributed by atoms with Gasteiger partial charge in [0.2, 0.25) is 0 Å². The molecule has 1 amide bonds. The van der Waals surface area contributed by atoms with Gasteiger partial charge in [-0.15, -0.1) is 0 Å². The molecular weight excluding hydrogens is 314 g/mol. The average molecular weight is 340 g/mol. The second-order valence-corrected chi connectivity index (χ2v) is 7.44. The molecule has 1 aliphatic rings. The van der Waals surface area contributed by atoms with Gasteiger partial charge in [0.15, 0.2) is 0 Å². The third kappa shape index (κ3) is 6.36. The predicted molar refractivity (Wildman–Crippen MR) is 91.5 cm³/mol. The fourth-order valence-corrected chi connectivity index (χ4v) is 2.77. The lowest BCUT2D eigenvalue weighted by molar-refractivity contribution is 0.0166. The van der Waals surface area contributed by atoms with E-state index >= 15 is 0 Å². The Morgan fingerprint density at radius 3 is 2.91 bits per heavy atom. The molecule has 128 valence electrons. The minimum absolute atomic E-state index is 0.205. The first-order chi connectivity index (χ1) is 10.8. The van der Waals surface area contributed by atoms with Crippen molar-refractivity contribution in [2.24, 2.45) is 5.92 Å². The average Bonchev–Trinajstić information content (AvgIpc) is 2.48. The number of amides is 1. The molecule has 23 heavy (non-hydrogen) atoms. The number of rotatable bonds is 4. The summed E-state index contributed by atoms with van der Waals surface area (Å²) in [6.07, 6.45) is 3.73. The maximum absolute atomic E-state index is 12.1. The summed E-state index contributed by atoms with van der Waals surface area (Å²) in [5.74, 6) is 0.455. The van der Waals surface area contributed by atoms with Gasteiger partial charge in [-0.25, -0.2) is 9.78 Å². The lowest BCUT2D eigenvalue weighted by atomic mass is 9.98. The van der Waals surface area contributed by atoms with E-state index < -0.39 is 5.60 Å². The number of likely N-dealkylation sites (tertiary alicyclic amines) is 1. The van der Waals surface area contributed by atoms with E-state index in [-0.39, 0.29) is 6.09 Å². The Kier molecular flexibility index (Phi) is 6.25. The van der Waals surface area contributed by atoms with Crippen molar-refractivity contribution in [1.29, 1.82) is 0 Å². The number of aromatic nitrogens is 1. The Hall–Kier alpha value is -1.33. The Morgan fingerprint density at radius 1 is 1.48 bits per heavy atom. The zero-order valence-corrected chi connectivity index (χ0v) is 14.9. The van der Waals surface area contributed by atoms with Gasteiger partial charge in [0.1, 0.15) is 10.8 Å². The van der Waals surface area contributed by atoms with Crippen LogP contribution in [0.3, 0.4) is 0 Å². The highest BCUT2D eigenvalue weighted by Gasteiger charge is 2.27. The number of hydrogen-bond acceptors (Lipinski definition) is 4. The van der Waals surface area contributed by atoms with E-state index in [1.807, 2.05) is 31.7 Å². The molecule has 1 unspecified atom stereocenters. The largest absolute Gasteiger partial charge is 0.444 e. The molecule has 0 radical (unpaired) electrons. The highest BCUT2D eigenvalue weighted by Crippen LogP contribution is 2.19. The van der Waals surface area contributed by atoms with Crippen molar-refractivity contribution in [2.75, 3.05) is 19.6 Å². The van der Waals surface area contributed by atoms with Gasteiger partial charge in [-0.05, 0) is 57.7 Å². The molecule has 1 aromatic rings. The summed E-state index contributed by atoms with van der Waals surface area (Å²) < 4.78 is 5.46. The number of halogens is 1. The van der Waals surface area contributed by atoms with Crippen LogP contribution in [0, 0.1) is 5.92 Å². The Bertz CT molecular complexity index is 514. The van der Waals surface area contributed by atoms with Gasteiger partial charge in [-0.3, -0.25) is 0 Å². The summed E-state index contributed by atoms with van der Waals surface area (Å²) in [7, 11) is 0. The molecule has 5 nitrogen and oxygen atoms in total. The van der Waals surface area contributed by atoms with Crippen LogP contribution in [0.1, 0.15) is 39.2 Å². The summed E-state index contributed by atoms with van der Waals surface area (Å²) in [6, 6.07) is 3.76. The number of carbonyl (C=O) groups excluding carboxylic acids is 1. The zero-order valence-electron chi connectivity index (χ0n) is 14.1. The summed E-state index contributed by atoms with van der Waals surface area (Å²) in [4.78, 5) is 18.0. The van der Waals surface area contributed by atoms with Crippen LogP contribution in [-0.4, -0.2) is 41.2 Å². The molecule has 1 N–H and O–H groups in total. The number of nitrogens with one attached hydrogen (secondary N) is 1. The van der Waals surface area contributed by atoms with E-state index in [9.17, 15) is 4.79 Å². The lowest BCUT2D eigenvalue weighted by Crippen LogP contribution is -2.45. The van der Waals surface area contributed by atoms with Gasteiger partial charge in [0, 0.05) is 25.8 Å². The second-order valence-electron chi connectivity index (χ2n) is 7.05. The molecule has 0 spiro atoms. The minimum Gasteiger partial charge on any atom is -0.444 e. The molecule has 2 heterocycles. The third-order valence-electron chi connectivity index (χ3n) is 3.72. The topological polar surface area (TPSA) is 54.5 Å². The molecule has 6 heteroatoms. The Balaban J connectivity index is 1.75. The van der Waals surface area contributed by atoms with Gasteiger partial charge < -0.3 is 15.0 Å². The van der Waals surface area contributed by atoms with Crippen LogP contribution in [0.5, 0.6) is 0 Å². The van der Waals surface area contributed by atoms with Crippen molar-refractivity contribution in [1.82, 2.24) is 15.2 Å². The van der Waals surface area contributed by atoms with Crippen molar-refractivity contribution in [3.8, 4) is 0 Å². The quantitative estimate of drug-likeness (QED) is 0.853. The SMILES string of the molecule is CC(C)(C)OC(=O)N1CCCC(CNCc2ccc(Cl)nc2)C1. The standard InChI is InChI=1S/C17H26ClN3O2/c1-17(2,3)23-16(22)21-8-4-5-14(12-21)10-19-9-13-6-7-15(18)20-11-13/h6-7,11,14,19H,4-5,8-10,12H2,1-3H3. The number of ether oxygens (including phenoxy) is 1. The second kappa shape index (κ2) is 7.97. The first-order valence-electron chi connectivity index (χ1n) is 8.12.